The second kappa shape index (κ2) is 7.50. The molecular weight excluding hydrogens is 280 g/mol. The predicted molar refractivity (Wildman–Crippen MR) is 77.9 cm³/mol. The molecule has 20 heavy (non-hydrogen) atoms. The van der Waals surface area contributed by atoms with Crippen LogP contribution in [0.2, 0.25) is 0 Å². The summed E-state index contributed by atoms with van der Waals surface area (Å²) < 4.78 is 38.1. The summed E-state index contributed by atoms with van der Waals surface area (Å²) >= 11 is 0. The van der Waals surface area contributed by atoms with Gasteiger partial charge < -0.3 is 9.47 Å². The van der Waals surface area contributed by atoms with Gasteiger partial charge in [0.15, 0.2) is 0 Å². The molecule has 0 saturated carbocycles. The van der Waals surface area contributed by atoms with E-state index in [4.69, 9.17) is 13.7 Å². The lowest BCUT2D eigenvalue weighted by atomic mass is 10.0. The summed E-state index contributed by atoms with van der Waals surface area (Å²) in [5.41, 5.74) is 0.920. The summed E-state index contributed by atoms with van der Waals surface area (Å²) in [5.74, 6) is 1.35. The Morgan fingerprint density at radius 3 is 2.05 bits per heavy atom. The van der Waals surface area contributed by atoms with Crippen LogP contribution in [0.3, 0.4) is 0 Å². The van der Waals surface area contributed by atoms with Gasteiger partial charge in [-0.15, -0.1) is 0 Å². The van der Waals surface area contributed by atoms with Crippen LogP contribution in [0.25, 0.3) is 0 Å². The molecule has 0 aliphatic carbocycles. The van der Waals surface area contributed by atoms with E-state index in [1.54, 1.807) is 20.3 Å². The van der Waals surface area contributed by atoms with E-state index in [9.17, 15) is 8.42 Å². The van der Waals surface area contributed by atoms with Gasteiger partial charge in [-0.25, -0.2) is 0 Å². The number of benzene rings is 1. The first-order valence-corrected chi connectivity index (χ1v) is 8.29. The molecular formula is C14H22O5S. The third-order valence-electron chi connectivity index (χ3n) is 2.80. The summed E-state index contributed by atoms with van der Waals surface area (Å²) in [6.07, 6.45) is 2.72. The topological polar surface area (TPSA) is 61.8 Å². The van der Waals surface area contributed by atoms with Gasteiger partial charge in [-0.3, -0.25) is 4.18 Å². The van der Waals surface area contributed by atoms with Crippen molar-refractivity contribution in [2.45, 2.75) is 32.3 Å². The fourth-order valence-corrected chi connectivity index (χ4v) is 2.66. The Kier molecular flexibility index (Phi) is 6.29. The fourth-order valence-electron chi connectivity index (χ4n) is 2.00. The monoisotopic (exact) mass is 302 g/mol. The van der Waals surface area contributed by atoms with E-state index in [1.165, 1.54) is 0 Å². The molecule has 114 valence electrons. The smallest absolute Gasteiger partial charge is 0.264 e. The number of hydrogen-bond acceptors (Lipinski definition) is 5. The zero-order valence-electron chi connectivity index (χ0n) is 12.4. The van der Waals surface area contributed by atoms with Crippen LogP contribution in [-0.2, 0) is 20.7 Å². The first-order chi connectivity index (χ1) is 9.37. The third kappa shape index (κ3) is 5.79. The maximum absolute atomic E-state index is 11.3. The summed E-state index contributed by atoms with van der Waals surface area (Å²) in [6.45, 7) is 1.99. The van der Waals surface area contributed by atoms with Crippen molar-refractivity contribution in [3.63, 3.8) is 0 Å². The maximum Gasteiger partial charge on any atom is 0.264 e. The van der Waals surface area contributed by atoms with Crippen LogP contribution < -0.4 is 9.47 Å². The van der Waals surface area contributed by atoms with Crippen molar-refractivity contribution >= 4 is 10.1 Å². The third-order valence-corrected chi connectivity index (χ3v) is 3.42. The molecule has 0 fully saturated rings. The average Bonchev–Trinajstić information content (AvgIpc) is 2.36. The Morgan fingerprint density at radius 1 is 1.10 bits per heavy atom. The summed E-state index contributed by atoms with van der Waals surface area (Å²) in [4.78, 5) is 0. The number of hydrogen-bond donors (Lipinski definition) is 0. The van der Waals surface area contributed by atoms with Crippen molar-refractivity contribution in [2.24, 2.45) is 0 Å². The van der Waals surface area contributed by atoms with Gasteiger partial charge >= 0.3 is 0 Å². The van der Waals surface area contributed by atoms with Crippen LogP contribution >= 0.6 is 0 Å². The summed E-state index contributed by atoms with van der Waals surface area (Å²) in [6, 6.07) is 5.49. The van der Waals surface area contributed by atoms with E-state index < -0.39 is 10.1 Å². The van der Waals surface area contributed by atoms with Crippen LogP contribution in [0, 0.1) is 0 Å². The molecule has 0 heterocycles. The molecule has 1 unspecified atom stereocenters. The molecule has 0 bridgehead atoms. The molecule has 6 heteroatoms. The van der Waals surface area contributed by atoms with E-state index in [0.29, 0.717) is 24.3 Å². The number of rotatable bonds is 8. The summed E-state index contributed by atoms with van der Waals surface area (Å²) in [7, 11) is -0.303. The standard InChI is InChI=1S/C14H22O5S/c1-5-6-12(19-20(4,15)16)7-11-8-13(17-2)10-14(9-11)18-3/h8-10,12H,5-7H2,1-4H3. The number of ether oxygens (including phenoxy) is 2. The van der Waals surface area contributed by atoms with E-state index in [1.807, 2.05) is 19.1 Å². The molecule has 0 radical (unpaired) electrons. The highest BCUT2D eigenvalue weighted by Gasteiger charge is 2.16. The fraction of sp³-hybridized carbons (Fsp3) is 0.571. The van der Waals surface area contributed by atoms with Gasteiger partial charge in [0.05, 0.1) is 26.6 Å². The van der Waals surface area contributed by atoms with Crippen molar-refractivity contribution in [1.82, 2.24) is 0 Å². The minimum absolute atomic E-state index is 0.369. The predicted octanol–water partition coefficient (Wildman–Crippen LogP) is 2.39. The Labute approximate surface area is 121 Å². The molecule has 1 aromatic rings. The highest BCUT2D eigenvalue weighted by Crippen LogP contribution is 2.24. The van der Waals surface area contributed by atoms with E-state index >= 15 is 0 Å². The zero-order chi connectivity index (χ0) is 15.2. The molecule has 5 nitrogen and oxygen atoms in total. The molecule has 0 spiro atoms. The lowest BCUT2D eigenvalue weighted by Gasteiger charge is -2.16. The lowest BCUT2D eigenvalue weighted by molar-refractivity contribution is 0.199. The van der Waals surface area contributed by atoms with Crippen LogP contribution in [0.5, 0.6) is 11.5 Å². The molecule has 1 rings (SSSR count). The molecule has 0 amide bonds. The SMILES string of the molecule is CCCC(Cc1cc(OC)cc(OC)c1)OS(C)(=O)=O. The van der Waals surface area contributed by atoms with Gasteiger partial charge in [-0.05, 0) is 24.1 Å². The maximum atomic E-state index is 11.3. The van der Waals surface area contributed by atoms with Crippen molar-refractivity contribution in [3.8, 4) is 11.5 Å². The molecule has 1 atom stereocenters. The Balaban J connectivity index is 2.92. The second-order valence-electron chi connectivity index (χ2n) is 4.64. The second-order valence-corrected chi connectivity index (χ2v) is 6.24. The van der Waals surface area contributed by atoms with Gasteiger partial charge in [0.1, 0.15) is 11.5 Å². The molecule has 0 N–H and O–H groups in total. The van der Waals surface area contributed by atoms with Crippen LogP contribution in [0.15, 0.2) is 18.2 Å². The van der Waals surface area contributed by atoms with Crippen molar-refractivity contribution in [2.75, 3.05) is 20.5 Å². The van der Waals surface area contributed by atoms with Gasteiger partial charge in [0.2, 0.25) is 0 Å². The van der Waals surface area contributed by atoms with Crippen LogP contribution in [0.1, 0.15) is 25.3 Å². The van der Waals surface area contributed by atoms with Gasteiger partial charge in [0.25, 0.3) is 10.1 Å². The van der Waals surface area contributed by atoms with Gasteiger partial charge in [-0.2, -0.15) is 8.42 Å². The van der Waals surface area contributed by atoms with Gasteiger partial charge in [-0.1, -0.05) is 13.3 Å². The highest BCUT2D eigenvalue weighted by atomic mass is 32.2. The van der Waals surface area contributed by atoms with Crippen molar-refractivity contribution < 1.29 is 22.1 Å². The van der Waals surface area contributed by atoms with E-state index in [2.05, 4.69) is 0 Å². The van der Waals surface area contributed by atoms with E-state index in [-0.39, 0.29) is 6.10 Å². The van der Waals surface area contributed by atoms with Gasteiger partial charge in [0, 0.05) is 12.5 Å². The molecule has 0 saturated heterocycles. The van der Waals surface area contributed by atoms with Crippen molar-refractivity contribution in [3.05, 3.63) is 23.8 Å². The Morgan fingerprint density at radius 2 is 1.65 bits per heavy atom. The molecule has 0 aromatic heterocycles. The lowest BCUT2D eigenvalue weighted by Crippen LogP contribution is -2.20. The van der Waals surface area contributed by atoms with E-state index in [0.717, 1.165) is 18.2 Å². The highest BCUT2D eigenvalue weighted by molar-refractivity contribution is 7.86. The van der Waals surface area contributed by atoms with Crippen molar-refractivity contribution in [1.29, 1.82) is 0 Å². The molecule has 0 aliphatic heterocycles. The van der Waals surface area contributed by atoms with Crippen LogP contribution in [0.4, 0.5) is 0 Å². The Bertz CT molecular complexity index is 502. The average molecular weight is 302 g/mol. The normalized spacial score (nSPS) is 13.0. The molecule has 1 aromatic carbocycles. The summed E-state index contributed by atoms with van der Waals surface area (Å²) in [5, 5.41) is 0. The largest absolute Gasteiger partial charge is 0.497 e. The number of methoxy groups -OCH3 is 2. The van der Waals surface area contributed by atoms with Crippen LogP contribution in [-0.4, -0.2) is 35.0 Å². The Hall–Kier alpha value is -1.27. The first-order valence-electron chi connectivity index (χ1n) is 6.48. The minimum Gasteiger partial charge on any atom is -0.497 e. The zero-order valence-corrected chi connectivity index (χ0v) is 13.2. The first kappa shape index (κ1) is 16.8. The molecule has 0 aliphatic rings. The minimum atomic E-state index is -3.46. The quantitative estimate of drug-likeness (QED) is 0.690.